The topological polar surface area (TPSA) is 46.9 Å². The maximum absolute atomic E-state index is 12.3. The van der Waals surface area contributed by atoms with E-state index in [1.54, 1.807) is 10.9 Å². The van der Waals surface area contributed by atoms with Gasteiger partial charge in [-0.15, -0.1) is 0 Å². The zero-order valence-corrected chi connectivity index (χ0v) is 12.0. The molecule has 5 heteroatoms. The van der Waals surface area contributed by atoms with E-state index < -0.39 is 0 Å². The van der Waals surface area contributed by atoms with E-state index in [0.717, 1.165) is 13.0 Å². The molecular weight excluding hydrogens is 262 g/mol. The summed E-state index contributed by atoms with van der Waals surface area (Å²) in [4.78, 5) is 12.3. The highest BCUT2D eigenvalue weighted by molar-refractivity contribution is 6.33. The number of hydrogen-bond donors (Lipinski definition) is 1. The van der Waals surface area contributed by atoms with Crippen molar-refractivity contribution in [2.45, 2.75) is 51.6 Å². The van der Waals surface area contributed by atoms with Gasteiger partial charge in [-0.3, -0.25) is 4.79 Å². The molecule has 0 aromatic carbocycles. The average Bonchev–Trinajstić information content (AvgIpc) is 3.27. The van der Waals surface area contributed by atoms with Crippen LogP contribution in [-0.4, -0.2) is 15.8 Å². The zero-order valence-electron chi connectivity index (χ0n) is 11.2. The number of nitrogens with one attached hydrogen (secondary N) is 1. The first-order valence-electron chi connectivity index (χ1n) is 7.21. The Balaban J connectivity index is 1.74. The van der Waals surface area contributed by atoms with E-state index in [1.165, 1.54) is 25.7 Å². The summed E-state index contributed by atoms with van der Waals surface area (Å²) in [5.41, 5.74) is 0.475. The molecular formula is C14H20ClN3O. The Morgan fingerprint density at radius 2 is 2.32 bits per heavy atom. The van der Waals surface area contributed by atoms with Crippen LogP contribution in [-0.2, 0) is 6.54 Å². The summed E-state index contributed by atoms with van der Waals surface area (Å²) in [6, 6.07) is 0.418. The molecule has 1 N–H and O–H groups in total. The van der Waals surface area contributed by atoms with Crippen molar-refractivity contribution in [1.82, 2.24) is 9.78 Å². The standard InChI is InChI=1S/C14H20ClN3O/c1-2-3-10-6-12(10)17-13-11(15)7-16-18(14(13)19)8-9-4-5-9/h7,9-10,12,17H,2-6,8H2,1H3. The number of nitrogens with zero attached hydrogens (tertiary/aromatic N) is 2. The highest BCUT2D eigenvalue weighted by atomic mass is 35.5. The molecule has 0 saturated heterocycles. The molecule has 104 valence electrons. The van der Waals surface area contributed by atoms with Crippen molar-refractivity contribution in [3.8, 4) is 0 Å². The lowest BCUT2D eigenvalue weighted by Crippen LogP contribution is -2.27. The first-order chi connectivity index (χ1) is 9.19. The third-order valence-electron chi connectivity index (χ3n) is 4.04. The third-order valence-corrected chi connectivity index (χ3v) is 4.32. The molecule has 1 aromatic heterocycles. The number of aromatic nitrogens is 2. The number of anilines is 1. The van der Waals surface area contributed by atoms with Gasteiger partial charge in [0, 0.05) is 12.6 Å². The minimum atomic E-state index is -0.0680. The Morgan fingerprint density at radius 1 is 1.53 bits per heavy atom. The van der Waals surface area contributed by atoms with Crippen LogP contribution >= 0.6 is 11.6 Å². The van der Waals surface area contributed by atoms with E-state index in [-0.39, 0.29) is 5.56 Å². The summed E-state index contributed by atoms with van der Waals surface area (Å²) in [7, 11) is 0. The van der Waals surface area contributed by atoms with Gasteiger partial charge in [-0.2, -0.15) is 5.10 Å². The quantitative estimate of drug-likeness (QED) is 0.872. The van der Waals surface area contributed by atoms with E-state index in [0.29, 0.717) is 28.6 Å². The highest BCUT2D eigenvalue weighted by Gasteiger charge is 2.37. The van der Waals surface area contributed by atoms with Crippen LogP contribution in [0.1, 0.15) is 39.0 Å². The third kappa shape index (κ3) is 2.94. The molecule has 0 spiro atoms. The summed E-state index contributed by atoms with van der Waals surface area (Å²) in [6.45, 7) is 2.92. The summed E-state index contributed by atoms with van der Waals surface area (Å²) in [5.74, 6) is 1.33. The smallest absolute Gasteiger partial charge is 0.291 e. The van der Waals surface area contributed by atoms with Crippen LogP contribution in [0.4, 0.5) is 5.69 Å². The van der Waals surface area contributed by atoms with E-state index >= 15 is 0 Å². The first kappa shape index (κ1) is 13.0. The first-order valence-corrected chi connectivity index (χ1v) is 7.59. The van der Waals surface area contributed by atoms with Gasteiger partial charge < -0.3 is 5.32 Å². The van der Waals surface area contributed by atoms with Crippen molar-refractivity contribution >= 4 is 17.3 Å². The lowest BCUT2D eigenvalue weighted by molar-refractivity contribution is 0.534. The van der Waals surface area contributed by atoms with Gasteiger partial charge in [-0.1, -0.05) is 24.9 Å². The van der Waals surface area contributed by atoms with E-state index in [9.17, 15) is 4.79 Å². The van der Waals surface area contributed by atoms with E-state index in [2.05, 4.69) is 17.3 Å². The monoisotopic (exact) mass is 281 g/mol. The van der Waals surface area contributed by atoms with Crippen molar-refractivity contribution in [1.29, 1.82) is 0 Å². The van der Waals surface area contributed by atoms with Crippen molar-refractivity contribution in [3.05, 3.63) is 21.6 Å². The lowest BCUT2D eigenvalue weighted by atomic mass is 10.2. The summed E-state index contributed by atoms with van der Waals surface area (Å²) < 4.78 is 1.56. The molecule has 4 nitrogen and oxygen atoms in total. The zero-order chi connectivity index (χ0) is 13.4. The Kier molecular flexibility index (Phi) is 3.52. The largest absolute Gasteiger partial charge is 0.376 e. The molecule has 0 bridgehead atoms. The molecule has 2 aliphatic rings. The van der Waals surface area contributed by atoms with Gasteiger partial charge >= 0.3 is 0 Å². The van der Waals surface area contributed by atoms with Crippen LogP contribution in [0, 0.1) is 11.8 Å². The van der Waals surface area contributed by atoms with Gasteiger partial charge in [0.2, 0.25) is 0 Å². The summed E-state index contributed by atoms with van der Waals surface area (Å²) in [5, 5.41) is 7.89. The van der Waals surface area contributed by atoms with Crippen LogP contribution in [0.2, 0.25) is 5.02 Å². The predicted molar refractivity (Wildman–Crippen MR) is 76.7 cm³/mol. The van der Waals surface area contributed by atoms with Gasteiger partial charge in [0.15, 0.2) is 0 Å². The maximum atomic E-state index is 12.3. The number of rotatable bonds is 6. The van der Waals surface area contributed by atoms with Gasteiger partial charge in [0.05, 0.1) is 11.2 Å². The Bertz CT molecular complexity index is 524. The fraction of sp³-hybridized carbons (Fsp3) is 0.714. The molecule has 0 radical (unpaired) electrons. The fourth-order valence-electron chi connectivity index (χ4n) is 2.57. The van der Waals surface area contributed by atoms with Crippen LogP contribution in [0.5, 0.6) is 0 Å². The average molecular weight is 282 g/mol. The minimum absolute atomic E-state index is 0.0680. The van der Waals surface area contributed by atoms with Crippen molar-refractivity contribution < 1.29 is 0 Å². The number of hydrogen-bond acceptors (Lipinski definition) is 3. The van der Waals surface area contributed by atoms with Crippen LogP contribution in [0.3, 0.4) is 0 Å². The predicted octanol–water partition coefficient (Wildman–Crippen LogP) is 2.91. The van der Waals surface area contributed by atoms with Crippen molar-refractivity contribution in [2.24, 2.45) is 11.8 Å². The molecule has 2 atom stereocenters. The lowest BCUT2D eigenvalue weighted by Gasteiger charge is -2.10. The summed E-state index contributed by atoms with van der Waals surface area (Å²) in [6.07, 6.45) is 7.57. The molecule has 1 aromatic rings. The molecule has 1 heterocycles. The van der Waals surface area contributed by atoms with Crippen molar-refractivity contribution in [3.63, 3.8) is 0 Å². The second-order valence-electron chi connectivity index (χ2n) is 5.83. The molecule has 2 aliphatic carbocycles. The van der Waals surface area contributed by atoms with Gasteiger partial charge in [0.25, 0.3) is 5.56 Å². The molecule has 3 rings (SSSR count). The highest BCUT2D eigenvalue weighted by Crippen LogP contribution is 2.37. The van der Waals surface area contributed by atoms with Gasteiger partial charge in [-0.25, -0.2) is 4.68 Å². The van der Waals surface area contributed by atoms with E-state index in [1.807, 2.05) is 0 Å². The molecule has 19 heavy (non-hydrogen) atoms. The second kappa shape index (κ2) is 5.16. The molecule has 2 unspecified atom stereocenters. The Hall–Kier alpha value is -1.03. The fourth-order valence-corrected chi connectivity index (χ4v) is 2.75. The molecule has 2 saturated carbocycles. The molecule has 2 fully saturated rings. The normalized spacial score (nSPS) is 25.4. The van der Waals surface area contributed by atoms with Gasteiger partial charge in [-0.05, 0) is 37.5 Å². The molecule has 0 amide bonds. The Labute approximate surface area is 118 Å². The molecule has 0 aliphatic heterocycles. The summed E-state index contributed by atoms with van der Waals surface area (Å²) >= 11 is 6.11. The number of halogens is 1. The van der Waals surface area contributed by atoms with Crippen LogP contribution < -0.4 is 10.9 Å². The maximum Gasteiger partial charge on any atom is 0.291 e. The van der Waals surface area contributed by atoms with Gasteiger partial charge in [0.1, 0.15) is 5.69 Å². The van der Waals surface area contributed by atoms with Crippen molar-refractivity contribution in [2.75, 3.05) is 5.32 Å². The van der Waals surface area contributed by atoms with Crippen LogP contribution in [0.25, 0.3) is 0 Å². The van der Waals surface area contributed by atoms with E-state index in [4.69, 9.17) is 11.6 Å². The Morgan fingerprint density at radius 3 is 3.00 bits per heavy atom. The second-order valence-corrected chi connectivity index (χ2v) is 6.24. The van der Waals surface area contributed by atoms with Crippen LogP contribution in [0.15, 0.2) is 11.0 Å². The minimum Gasteiger partial charge on any atom is -0.376 e. The SMILES string of the molecule is CCCC1CC1Nc1c(Cl)cnn(CC2CC2)c1=O.